The summed E-state index contributed by atoms with van der Waals surface area (Å²) in [4.78, 5) is 8.74. The first-order chi connectivity index (χ1) is 10.2. The number of anilines is 2. The van der Waals surface area contributed by atoms with Gasteiger partial charge in [-0.3, -0.25) is 0 Å². The summed E-state index contributed by atoms with van der Waals surface area (Å²) in [5.41, 5.74) is 6.19. The van der Waals surface area contributed by atoms with Crippen LogP contribution in [0, 0.1) is 11.3 Å². The van der Waals surface area contributed by atoms with E-state index in [1.54, 1.807) is 12.3 Å². The molecule has 1 fully saturated rings. The monoisotopic (exact) mass is 282 g/mol. The molecule has 2 aromatic rings. The highest BCUT2D eigenvalue weighted by Crippen LogP contribution is 2.27. The van der Waals surface area contributed by atoms with Crippen LogP contribution < -0.4 is 16.4 Å². The zero-order chi connectivity index (χ0) is 14.8. The lowest BCUT2D eigenvalue weighted by molar-refractivity contribution is 0.373. The minimum Gasteiger partial charge on any atom is -0.370 e. The van der Waals surface area contributed by atoms with Crippen molar-refractivity contribution in [1.29, 1.82) is 5.26 Å². The molecule has 0 bridgehead atoms. The molecule has 0 atom stereocenters. The Hall–Kier alpha value is -2.39. The lowest BCUT2D eigenvalue weighted by atomic mass is 9.88. The third-order valence-corrected chi connectivity index (χ3v) is 3.70. The van der Waals surface area contributed by atoms with Gasteiger partial charge in [-0.05, 0) is 31.9 Å². The molecule has 0 aromatic carbocycles. The molecule has 6 heteroatoms. The summed E-state index contributed by atoms with van der Waals surface area (Å²) in [5, 5.41) is 17.5. The Kier molecular flexibility index (Phi) is 3.59. The van der Waals surface area contributed by atoms with Gasteiger partial charge < -0.3 is 16.4 Å². The lowest BCUT2D eigenvalue weighted by Crippen LogP contribution is -2.44. The number of pyridine rings is 2. The van der Waals surface area contributed by atoms with Crippen LogP contribution in [0.2, 0.25) is 0 Å². The first-order valence-corrected chi connectivity index (χ1v) is 7.16. The fourth-order valence-corrected chi connectivity index (χ4v) is 2.57. The van der Waals surface area contributed by atoms with E-state index in [9.17, 15) is 0 Å². The molecule has 4 N–H and O–H groups in total. The zero-order valence-corrected chi connectivity index (χ0v) is 11.9. The van der Waals surface area contributed by atoms with Crippen molar-refractivity contribution < 1.29 is 0 Å². The van der Waals surface area contributed by atoms with Gasteiger partial charge in [0.05, 0.1) is 0 Å². The van der Waals surface area contributed by atoms with Gasteiger partial charge in [0.25, 0.3) is 0 Å². The summed E-state index contributed by atoms with van der Waals surface area (Å²) in [6.07, 6.45) is 3.73. The first kappa shape index (κ1) is 13.6. The number of nitrogens with zero attached hydrogens (tertiary/aromatic N) is 3. The fourth-order valence-electron chi connectivity index (χ4n) is 2.57. The van der Waals surface area contributed by atoms with Gasteiger partial charge >= 0.3 is 0 Å². The molecule has 1 aliphatic rings. The standard InChI is InChI=1S/C15H18N6/c1-2-18-15-13-6-14(20-11-4-10(17)5-11)19-8-9(13)3-12(7-16)21-15/h3,6,8,10-11H,2,4-5,17H2,1H3,(H,18,21)(H,19,20). The van der Waals surface area contributed by atoms with Gasteiger partial charge in [-0.2, -0.15) is 5.26 Å². The third kappa shape index (κ3) is 2.73. The predicted octanol–water partition coefficient (Wildman–Crippen LogP) is 1.83. The van der Waals surface area contributed by atoms with Crippen molar-refractivity contribution in [3.8, 4) is 6.07 Å². The van der Waals surface area contributed by atoms with Crippen molar-refractivity contribution in [1.82, 2.24) is 9.97 Å². The molecular formula is C15H18N6. The number of nitrogens with one attached hydrogen (secondary N) is 2. The second kappa shape index (κ2) is 5.54. The highest BCUT2D eigenvalue weighted by Gasteiger charge is 2.25. The van der Waals surface area contributed by atoms with E-state index in [1.807, 2.05) is 13.0 Å². The van der Waals surface area contributed by atoms with Gasteiger partial charge in [-0.25, -0.2) is 9.97 Å². The number of rotatable bonds is 4. The van der Waals surface area contributed by atoms with Crippen molar-refractivity contribution in [2.45, 2.75) is 31.8 Å². The lowest BCUT2D eigenvalue weighted by Gasteiger charge is -2.33. The van der Waals surface area contributed by atoms with E-state index in [4.69, 9.17) is 11.0 Å². The third-order valence-electron chi connectivity index (χ3n) is 3.70. The van der Waals surface area contributed by atoms with Crippen LogP contribution in [0.15, 0.2) is 18.3 Å². The Labute approximate surface area is 123 Å². The molecular weight excluding hydrogens is 264 g/mol. The normalized spacial score (nSPS) is 20.6. The molecule has 0 aliphatic heterocycles. The molecule has 2 aromatic heterocycles. The van der Waals surface area contributed by atoms with Crippen molar-refractivity contribution in [2.75, 3.05) is 17.2 Å². The number of hydrogen-bond donors (Lipinski definition) is 3. The highest BCUT2D eigenvalue weighted by molar-refractivity contribution is 5.93. The molecule has 0 spiro atoms. The van der Waals surface area contributed by atoms with Gasteiger partial charge in [0, 0.05) is 35.6 Å². The summed E-state index contributed by atoms with van der Waals surface area (Å²) >= 11 is 0. The maximum atomic E-state index is 9.04. The van der Waals surface area contributed by atoms with Crippen LogP contribution in [0.4, 0.5) is 11.6 Å². The minimum absolute atomic E-state index is 0.306. The van der Waals surface area contributed by atoms with E-state index in [1.165, 1.54) is 0 Å². The second-order valence-electron chi connectivity index (χ2n) is 5.36. The number of nitriles is 1. The quantitative estimate of drug-likeness (QED) is 0.791. The van der Waals surface area contributed by atoms with Crippen LogP contribution >= 0.6 is 0 Å². The van der Waals surface area contributed by atoms with Gasteiger partial charge in [0.2, 0.25) is 0 Å². The predicted molar refractivity (Wildman–Crippen MR) is 83.0 cm³/mol. The average Bonchev–Trinajstić information content (AvgIpc) is 2.46. The van der Waals surface area contributed by atoms with Gasteiger partial charge in [0.15, 0.2) is 0 Å². The summed E-state index contributed by atoms with van der Waals surface area (Å²) in [6, 6.07) is 6.52. The Morgan fingerprint density at radius 1 is 1.43 bits per heavy atom. The Bertz CT molecular complexity index is 699. The van der Waals surface area contributed by atoms with E-state index in [2.05, 4.69) is 26.7 Å². The van der Waals surface area contributed by atoms with Crippen LogP contribution in [0.1, 0.15) is 25.5 Å². The molecule has 0 saturated heterocycles. The molecule has 2 heterocycles. The molecule has 6 nitrogen and oxygen atoms in total. The molecule has 0 radical (unpaired) electrons. The fraction of sp³-hybridized carbons (Fsp3) is 0.400. The number of nitrogens with two attached hydrogens (primary N) is 1. The molecule has 1 aliphatic carbocycles. The summed E-state index contributed by atoms with van der Waals surface area (Å²) < 4.78 is 0. The van der Waals surface area contributed by atoms with Crippen molar-refractivity contribution in [3.05, 3.63) is 24.0 Å². The first-order valence-electron chi connectivity index (χ1n) is 7.16. The van der Waals surface area contributed by atoms with E-state index >= 15 is 0 Å². The van der Waals surface area contributed by atoms with Crippen LogP contribution in [-0.2, 0) is 0 Å². The minimum atomic E-state index is 0.306. The van der Waals surface area contributed by atoms with E-state index in [0.717, 1.165) is 41.8 Å². The number of hydrogen-bond acceptors (Lipinski definition) is 6. The van der Waals surface area contributed by atoms with E-state index in [0.29, 0.717) is 17.8 Å². The Balaban J connectivity index is 1.95. The summed E-state index contributed by atoms with van der Waals surface area (Å²) in [7, 11) is 0. The Morgan fingerprint density at radius 3 is 2.90 bits per heavy atom. The highest BCUT2D eigenvalue weighted by atomic mass is 15.0. The van der Waals surface area contributed by atoms with Crippen molar-refractivity contribution in [2.24, 2.45) is 5.73 Å². The molecule has 0 unspecified atom stereocenters. The van der Waals surface area contributed by atoms with Gasteiger partial charge in [-0.1, -0.05) is 0 Å². The van der Waals surface area contributed by atoms with Crippen LogP contribution in [0.5, 0.6) is 0 Å². The summed E-state index contributed by atoms with van der Waals surface area (Å²) in [6.45, 7) is 2.75. The number of fused-ring (bicyclic) bond motifs is 1. The molecule has 108 valence electrons. The van der Waals surface area contributed by atoms with E-state index < -0.39 is 0 Å². The smallest absolute Gasteiger partial charge is 0.143 e. The van der Waals surface area contributed by atoms with Crippen molar-refractivity contribution in [3.63, 3.8) is 0 Å². The van der Waals surface area contributed by atoms with Crippen molar-refractivity contribution >= 4 is 22.4 Å². The van der Waals surface area contributed by atoms with Crippen LogP contribution in [-0.4, -0.2) is 28.6 Å². The molecule has 3 rings (SSSR count). The summed E-state index contributed by atoms with van der Waals surface area (Å²) in [5.74, 6) is 1.55. The zero-order valence-electron chi connectivity index (χ0n) is 11.9. The largest absolute Gasteiger partial charge is 0.370 e. The number of aromatic nitrogens is 2. The Morgan fingerprint density at radius 2 is 2.24 bits per heavy atom. The maximum Gasteiger partial charge on any atom is 0.143 e. The second-order valence-corrected chi connectivity index (χ2v) is 5.36. The van der Waals surface area contributed by atoms with Crippen LogP contribution in [0.25, 0.3) is 10.8 Å². The molecule has 21 heavy (non-hydrogen) atoms. The van der Waals surface area contributed by atoms with E-state index in [-0.39, 0.29) is 0 Å². The van der Waals surface area contributed by atoms with Crippen LogP contribution in [0.3, 0.4) is 0 Å². The average molecular weight is 282 g/mol. The van der Waals surface area contributed by atoms with Gasteiger partial charge in [0.1, 0.15) is 23.4 Å². The topological polar surface area (TPSA) is 99.6 Å². The SMILES string of the molecule is CCNc1nc(C#N)cc2cnc(NC3CC(N)C3)cc12. The maximum absolute atomic E-state index is 9.04. The molecule has 1 saturated carbocycles. The molecule has 0 amide bonds. The van der Waals surface area contributed by atoms with Gasteiger partial charge in [-0.15, -0.1) is 0 Å².